The van der Waals surface area contributed by atoms with E-state index in [2.05, 4.69) is 5.43 Å². The Morgan fingerprint density at radius 2 is 1.62 bits per heavy atom. The fourth-order valence-corrected chi connectivity index (χ4v) is 4.94. The van der Waals surface area contributed by atoms with Gasteiger partial charge in [-0.3, -0.25) is 9.59 Å². The number of phenolic OH excluding ortho intramolecular Hbond substituents is 2. The Labute approximate surface area is 193 Å². The second-order valence-electron chi connectivity index (χ2n) is 8.33. The molecule has 3 aromatic carbocycles. The Hall–Kier alpha value is -4.37. The van der Waals surface area contributed by atoms with Crippen LogP contribution in [0.1, 0.15) is 45.5 Å². The molecular formula is C25H18N2O7. The molecule has 3 aliphatic heterocycles. The summed E-state index contributed by atoms with van der Waals surface area (Å²) in [6.07, 6.45) is 0.248. The molecule has 3 heterocycles. The lowest BCUT2D eigenvalue weighted by Crippen LogP contribution is -2.42. The molecule has 1 saturated heterocycles. The molecule has 170 valence electrons. The maximum atomic E-state index is 13.0. The van der Waals surface area contributed by atoms with Crippen LogP contribution in [0.3, 0.4) is 0 Å². The molecule has 0 saturated carbocycles. The molecule has 0 aliphatic carbocycles. The number of nitrogens with zero attached hydrogens (tertiary/aromatic N) is 1. The molecule has 0 aromatic heterocycles. The predicted molar refractivity (Wildman–Crippen MR) is 116 cm³/mol. The van der Waals surface area contributed by atoms with Crippen LogP contribution in [0.15, 0.2) is 54.6 Å². The number of carbonyl (C=O) groups excluding carboxylic acids is 3. The molecular weight excluding hydrogens is 440 g/mol. The predicted octanol–water partition coefficient (Wildman–Crippen LogP) is 2.82. The van der Waals surface area contributed by atoms with Crippen molar-refractivity contribution in [1.82, 2.24) is 10.4 Å². The van der Waals surface area contributed by atoms with Gasteiger partial charge in [0.15, 0.2) is 5.60 Å². The summed E-state index contributed by atoms with van der Waals surface area (Å²) in [6.45, 7) is -0.0214. The average Bonchev–Trinajstić information content (AvgIpc) is 3.28. The summed E-state index contributed by atoms with van der Waals surface area (Å²) in [4.78, 5) is 37.2. The number of esters is 1. The average molecular weight is 458 g/mol. The number of imide groups is 1. The van der Waals surface area contributed by atoms with Crippen molar-refractivity contribution in [2.75, 3.05) is 0 Å². The quantitative estimate of drug-likeness (QED) is 0.404. The first-order chi connectivity index (χ1) is 16.4. The van der Waals surface area contributed by atoms with Gasteiger partial charge in [0.2, 0.25) is 11.8 Å². The van der Waals surface area contributed by atoms with Gasteiger partial charge < -0.3 is 19.7 Å². The Kier molecular flexibility index (Phi) is 4.21. The third-order valence-corrected chi connectivity index (χ3v) is 6.34. The molecule has 3 N–H and O–H groups in total. The van der Waals surface area contributed by atoms with E-state index in [1.54, 1.807) is 30.3 Å². The molecule has 0 bridgehead atoms. The largest absolute Gasteiger partial charge is 0.508 e. The highest BCUT2D eigenvalue weighted by Crippen LogP contribution is 2.58. The number of benzene rings is 3. The molecule has 9 nitrogen and oxygen atoms in total. The molecule has 1 unspecified atom stereocenters. The second kappa shape index (κ2) is 7.06. The summed E-state index contributed by atoms with van der Waals surface area (Å²) in [5.74, 6) is -0.884. The van der Waals surface area contributed by atoms with Crippen LogP contribution in [0.2, 0.25) is 0 Å². The number of amides is 2. The Morgan fingerprint density at radius 1 is 0.882 bits per heavy atom. The standard InChI is InChI=1S/C25H18N2O7/c28-14-5-6-18-19(10-14)33-20-11-15(29)9-13(12-26-27-21(30)7-8-22(27)31)23(20)25(18)17-4-2-1-3-16(17)24(32)34-25/h1-6,9-11,26,28-29H,7-8,12H2. The number of hydrogen-bond donors (Lipinski definition) is 3. The van der Waals surface area contributed by atoms with E-state index in [0.717, 1.165) is 5.01 Å². The highest BCUT2D eigenvalue weighted by Gasteiger charge is 2.54. The van der Waals surface area contributed by atoms with Gasteiger partial charge in [0, 0.05) is 42.6 Å². The maximum Gasteiger partial charge on any atom is 0.340 e. The van der Waals surface area contributed by atoms with E-state index in [1.807, 2.05) is 0 Å². The van der Waals surface area contributed by atoms with E-state index < -0.39 is 11.6 Å². The van der Waals surface area contributed by atoms with Gasteiger partial charge in [0.05, 0.1) is 11.1 Å². The van der Waals surface area contributed by atoms with Crippen molar-refractivity contribution in [1.29, 1.82) is 0 Å². The third-order valence-electron chi connectivity index (χ3n) is 6.34. The molecule has 34 heavy (non-hydrogen) atoms. The number of rotatable bonds is 3. The second-order valence-corrected chi connectivity index (χ2v) is 8.33. The zero-order chi connectivity index (χ0) is 23.6. The summed E-state index contributed by atoms with van der Waals surface area (Å²) in [7, 11) is 0. The SMILES string of the molecule is O=C1OC2(c3ccc(O)cc3Oc3cc(O)cc(CNN4C(=O)CCC4=O)c32)c2ccccc21. The number of ether oxygens (including phenoxy) is 2. The lowest BCUT2D eigenvalue weighted by molar-refractivity contribution is -0.142. The number of phenols is 2. The molecule has 3 aromatic rings. The monoisotopic (exact) mass is 458 g/mol. The normalized spacial score (nSPS) is 20.1. The Balaban J connectivity index is 1.58. The van der Waals surface area contributed by atoms with Gasteiger partial charge in [-0.1, -0.05) is 18.2 Å². The lowest BCUT2D eigenvalue weighted by Gasteiger charge is -2.38. The molecule has 2 amide bonds. The van der Waals surface area contributed by atoms with Crippen LogP contribution in [0.5, 0.6) is 23.0 Å². The summed E-state index contributed by atoms with van der Waals surface area (Å²) >= 11 is 0. The summed E-state index contributed by atoms with van der Waals surface area (Å²) in [6, 6.07) is 14.4. The van der Waals surface area contributed by atoms with Gasteiger partial charge in [-0.15, -0.1) is 0 Å². The van der Waals surface area contributed by atoms with Gasteiger partial charge in [-0.25, -0.2) is 15.2 Å². The maximum absolute atomic E-state index is 13.0. The Bertz CT molecular complexity index is 1400. The van der Waals surface area contributed by atoms with Gasteiger partial charge in [0.25, 0.3) is 0 Å². The van der Waals surface area contributed by atoms with Gasteiger partial charge in [0.1, 0.15) is 23.0 Å². The van der Waals surface area contributed by atoms with Crippen LogP contribution >= 0.6 is 0 Å². The number of fused-ring (bicyclic) bond motifs is 6. The molecule has 3 aliphatic rings. The smallest absolute Gasteiger partial charge is 0.340 e. The number of aromatic hydroxyl groups is 2. The highest BCUT2D eigenvalue weighted by atomic mass is 16.6. The van der Waals surface area contributed by atoms with E-state index >= 15 is 0 Å². The Morgan fingerprint density at radius 3 is 2.41 bits per heavy atom. The van der Waals surface area contributed by atoms with Crippen molar-refractivity contribution in [3.05, 3.63) is 82.4 Å². The van der Waals surface area contributed by atoms with Crippen molar-refractivity contribution in [3.8, 4) is 23.0 Å². The topological polar surface area (TPSA) is 125 Å². The zero-order valence-corrected chi connectivity index (χ0v) is 17.7. The van der Waals surface area contributed by atoms with Crippen molar-refractivity contribution >= 4 is 17.8 Å². The number of nitrogens with one attached hydrogen (secondary N) is 1. The number of hydrogen-bond acceptors (Lipinski definition) is 8. The van der Waals surface area contributed by atoms with E-state index in [4.69, 9.17) is 9.47 Å². The lowest BCUT2D eigenvalue weighted by atomic mass is 9.75. The van der Waals surface area contributed by atoms with Gasteiger partial charge in [-0.05, 0) is 29.8 Å². The molecule has 1 atom stereocenters. The fraction of sp³-hybridized carbons (Fsp3) is 0.160. The van der Waals surface area contributed by atoms with E-state index in [-0.39, 0.29) is 54.2 Å². The molecule has 9 heteroatoms. The van der Waals surface area contributed by atoms with E-state index in [9.17, 15) is 24.6 Å². The van der Waals surface area contributed by atoms with Crippen LogP contribution in [0, 0.1) is 0 Å². The summed E-state index contributed by atoms with van der Waals surface area (Å²) in [5, 5.41) is 21.5. The molecule has 1 spiro atoms. The van der Waals surface area contributed by atoms with Crippen molar-refractivity contribution in [2.24, 2.45) is 0 Å². The molecule has 1 fully saturated rings. The van der Waals surface area contributed by atoms with E-state index in [1.165, 1.54) is 24.3 Å². The minimum absolute atomic E-state index is 0.0214. The van der Waals surface area contributed by atoms with Crippen LogP contribution in [-0.2, 0) is 26.5 Å². The van der Waals surface area contributed by atoms with E-state index in [0.29, 0.717) is 27.8 Å². The van der Waals surface area contributed by atoms with Crippen LogP contribution in [0.25, 0.3) is 0 Å². The summed E-state index contributed by atoms with van der Waals surface area (Å²) in [5.41, 5.74) is 3.79. The van der Waals surface area contributed by atoms with Crippen molar-refractivity contribution in [3.63, 3.8) is 0 Å². The minimum Gasteiger partial charge on any atom is -0.508 e. The first-order valence-electron chi connectivity index (χ1n) is 10.7. The minimum atomic E-state index is -1.42. The first-order valence-corrected chi connectivity index (χ1v) is 10.7. The van der Waals surface area contributed by atoms with Crippen LogP contribution in [-0.4, -0.2) is 33.0 Å². The van der Waals surface area contributed by atoms with Gasteiger partial charge in [-0.2, -0.15) is 0 Å². The first kappa shape index (κ1) is 20.3. The molecule has 6 rings (SSSR count). The highest BCUT2D eigenvalue weighted by molar-refractivity contribution is 6.01. The van der Waals surface area contributed by atoms with Crippen molar-refractivity contribution < 1.29 is 34.1 Å². The van der Waals surface area contributed by atoms with Crippen LogP contribution in [0.4, 0.5) is 0 Å². The van der Waals surface area contributed by atoms with Crippen LogP contribution < -0.4 is 10.2 Å². The zero-order valence-electron chi connectivity index (χ0n) is 17.7. The number of hydrazine groups is 1. The number of carbonyl (C=O) groups is 3. The fourth-order valence-electron chi connectivity index (χ4n) is 4.94. The third kappa shape index (κ3) is 2.74. The summed E-state index contributed by atoms with van der Waals surface area (Å²) < 4.78 is 12.1. The van der Waals surface area contributed by atoms with Gasteiger partial charge >= 0.3 is 5.97 Å². The molecule has 0 radical (unpaired) electrons. The van der Waals surface area contributed by atoms with Crippen molar-refractivity contribution in [2.45, 2.75) is 25.0 Å².